The topological polar surface area (TPSA) is 37.3 Å². The van der Waals surface area contributed by atoms with E-state index in [1.54, 1.807) is 12.5 Å². The highest BCUT2D eigenvalue weighted by Gasteiger charge is 2.51. The van der Waals surface area contributed by atoms with Crippen molar-refractivity contribution in [2.75, 3.05) is 18.3 Å². The zero-order chi connectivity index (χ0) is 5.73. The summed E-state index contributed by atoms with van der Waals surface area (Å²) < 4.78 is 11.0. The summed E-state index contributed by atoms with van der Waals surface area (Å²) in [5.41, 5.74) is -0.503. The second kappa shape index (κ2) is 0.801. The van der Waals surface area contributed by atoms with E-state index in [4.69, 9.17) is 5.11 Å². The highest BCUT2D eigenvalue weighted by Crippen LogP contribution is 2.39. The van der Waals surface area contributed by atoms with E-state index < -0.39 is 14.5 Å². The van der Waals surface area contributed by atoms with E-state index in [9.17, 15) is 4.21 Å². The maximum absolute atomic E-state index is 11.0. The number of rotatable bonds is 0. The first-order valence-electron chi connectivity index (χ1n) is 2.17. The average Bonchev–Trinajstić information content (AvgIpc) is 1.66. The lowest BCUT2D eigenvalue weighted by Crippen LogP contribution is -2.12. The predicted molar refractivity (Wildman–Crippen MR) is 30.9 cm³/mol. The monoisotopic (exact) mass is 122 g/mol. The molecule has 0 bridgehead atoms. The average molecular weight is 122 g/mol. The third-order valence-corrected chi connectivity index (χ3v) is 4.12. The third kappa shape index (κ3) is 0.704. The van der Waals surface area contributed by atoms with Gasteiger partial charge < -0.3 is 5.11 Å². The number of hydrogen-bond acceptors (Lipinski definition) is 2. The Bertz CT molecular complexity index is 155. The smallest absolute Gasteiger partial charge is 0.118 e. The molecule has 1 aliphatic heterocycles. The van der Waals surface area contributed by atoms with Crippen LogP contribution in [0.3, 0.4) is 0 Å². The largest absolute Gasteiger partial charge is 0.381 e. The van der Waals surface area contributed by atoms with Gasteiger partial charge in [0.1, 0.15) is 5.44 Å². The molecule has 0 aromatic carbocycles. The van der Waals surface area contributed by atoms with Gasteiger partial charge in [0.05, 0.1) is 0 Å². The van der Waals surface area contributed by atoms with Gasteiger partial charge in [0.2, 0.25) is 0 Å². The van der Waals surface area contributed by atoms with Crippen LogP contribution < -0.4 is 0 Å². The van der Waals surface area contributed by atoms with E-state index in [1.165, 1.54) is 0 Å². The molecule has 0 amide bonds. The molecule has 7 heavy (non-hydrogen) atoms. The lowest BCUT2D eigenvalue weighted by atomic mass is 10.9. The van der Waals surface area contributed by atoms with Crippen molar-refractivity contribution in [3.05, 3.63) is 0 Å². The van der Waals surface area contributed by atoms with Crippen molar-refractivity contribution in [3.63, 3.8) is 0 Å². The minimum Gasteiger partial charge on any atom is -0.381 e. The second-order valence-corrected chi connectivity index (χ2v) is 8.01. The molecule has 0 aromatic heterocycles. The molecule has 44 valence electrons. The van der Waals surface area contributed by atoms with Crippen molar-refractivity contribution in [1.82, 2.24) is 0 Å². The molecule has 1 heterocycles. The Hall–Kier alpha value is 0.110. The van der Waals surface area contributed by atoms with E-state index in [0.717, 1.165) is 0 Å². The molecule has 0 saturated carbocycles. The molecule has 0 aliphatic carbocycles. The van der Waals surface area contributed by atoms with Gasteiger partial charge in [-0.3, -0.25) is 4.21 Å². The fourth-order valence-electron chi connectivity index (χ4n) is 0.386. The van der Waals surface area contributed by atoms with E-state index >= 15 is 0 Å². The summed E-state index contributed by atoms with van der Waals surface area (Å²) in [7, 11) is -2.39. The number of hydrogen-bond donors (Lipinski definition) is 1. The van der Waals surface area contributed by atoms with Gasteiger partial charge in [-0.2, -0.15) is 0 Å². The zero-order valence-electron chi connectivity index (χ0n) is 4.55. The Morgan fingerprint density at radius 2 is 1.86 bits per heavy atom. The molecular weight excluding hydrogens is 112 g/mol. The van der Waals surface area contributed by atoms with Gasteiger partial charge in [-0.1, -0.05) is 9.07 Å². The molecule has 1 rings (SSSR count). The van der Waals surface area contributed by atoms with Crippen LogP contribution in [0.25, 0.3) is 0 Å². The summed E-state index contributed by atoms with van der Waals surface area (Å²) in [5, 5.41) is 8.69. The molecule has 1 unspecified atom stereocenters. The predicted octanol–water partition coefficient (Wildman–Crippen LogP) is -0.602. The summed E-state index contributed by atoms with van der Waals surface area (Å²) in [6.45, 7) is 0. The van der Waals surface area contributed by atoms with Gasteiger partial charge in [0.15, 0.2) is 0 Å². The van der Waals surface area contributed by atoms with Crippen LogP contribution in [0, 0.1) is 0 Å². The molecule has 2 nitrogen and oxygen atoms in total. The van der Waals surface area contributed by atoms with Crippen molar-refractivity contribution < 1.29 is 9.32 Å². The highest BCUT2D eigenvalue weighted by atomic mass is 32.3. The minimum atomic E-state index is -2.39. The fraction of sp³-hybridized carbons (Fsp3) is 1.00. The summed E-state index contributed by atoms with van der Waals surface area (Å²) in [5.74, 6) is 0.511. The molecule has 1 aliphatic rings. The van der Waals surface area contributed by atoms with Gasteiger partial charge in [0, 0.05) is 5.75 Å². The van der Waals surface area contributed by atoms with Crippen LogP contribution in [0.5, 0.6) is 0 Å². The van der Waals surface area contributed by atoms with Crippen LogP contribution in [-0.2, 0) is 9.07 Å². The fourth-order valence-corrected chi connectivity index (χ4v) is 2.14. The van der Waals surface area contributed by atoms with Crippen LogP contribution in [0.4, 0.5) is 0 Å². The first-order valence-corrected chi connectivity index (χ1v) is 5.19. The molecule has 1 atom stereocenters. The Morgan fingerprint density at radius 1 is 1.71 bits per heavy atom. The van der Waals surface area contributed by atoms with Gasteiger partial charge in [-0.15, -0.1) is 0 Å². The molecule has 0 aromatic rings. The number of aliphatic hydroxyl groups is 1. The molecule has 1 N–H and O–H groups in total. The van der Waals surface area contributed by atoms with E-state index in [0.29, 0.717) is 5.75 Å². The van der Waals surface area contributed by atoms with E-state index in [-0.39, 0.29) is 0 Å². The minimum absolute atomic E-state index is 0.503. The SMILES string of the molecule is CS1(C)(=O)CC1O. The van der Waals surface area contributed by atoms with Crippen LogP contribution in [0.2, 0.25) is 0 Å². The van der Waals surface area contributed by atoms with Crippen molar-refractivity contribution in [3.8, 4) is 0 Å². The lowest BCUT2D eigenvalue weighted by molar-refractivity contribution is 0.309. The Kier molecular flexibility index (Phi) is 0.601. The van der Waals surface area contributed by atoms with Gasteiger partial charge in [0.25, 0.3) is 0 Å². The molecule has 1 fully saturated rings. The Labute approximate surface area is 42.9 Å². The normalized spacial score (nSPS) is 49.0. The summed E-state index contributed by atoms with van der Waals surface area (Å²) in [4.78, 5) is 0. The van der Waals surface area contributed by atoms with Crippen LogP contribution >= 0.6 is 0 Å². The molecule has 0 radical (unpaired) electrons. The molecule has 3 heteroatoms. The van der Waals surface area contributed by atoms with Crippen LogP contribution in [0.1, 0.15) is 0 Å². The quantitative estimate of drug-likeness (QED) is 0.435. The lowest BCUT2D eigenvalue weighted by Gasteiger charge is -2.05. The third-order valence-electron chi connectivity index (χ3n) is 1.37. The first kappa shape index (κ1) is 5.25. The van der Waals surface area contributed by atoms with Gasteiger partial charge >= 0.3 is 0 Å². The summed E-state index contributed by atoms with van der Waals surface area (Å²) >= 11 is 0. The maximum Gasteiger partial charge on any atom is 0.118 e. The van der Waals surface area contributed by atoms with Crippen LogP contribution in [0.15, 0.2) is 0 Å². The van der Waals surface area contributed by atoms with Crippen molar-refractivity contribution in [1.29, 1.82) is 0 Å². The Morgan fingerprint density at radius 3 is 1.86 bits per heavy atom. The highest BCUT2D eigenvalue weighted by molar-refractivity contribution is 8.25. The summed E-state index contributed by atoms with van der Waals surface area (Å²) in [6, 6.07) is 0. The van der Waals surface area contributed by atoms with E-state index in [1.807, 2.05) is 0 Å². The van der Waals surface area contributed by atoms with Gasteiger partial charge in [-0.05, 0) is 12.5 Å². The number of aliphatic hydroxyl groups excluding tert-OH is 1. The Balaban J connectivity index is 2.90. The van der Waals surface area contributed by atoms with E-state index in [2.05, 4.69) is 0 Å². The summed E-state index contributed by atoms with van der Waals surface area (Å²) in [6.07, 6.45) is 3.28. The van der Waals surface area contributed by atoms with Crippen molar-refractivity contribution >= 4 is 9.07 Å². The van der Waals surface area contributed by atoms with Crippen LogP contribution in [-0.4, -0.2) is 33.0 Å². The zero-order valence-corrected chi connectivity index (χ0v) is 5.36. The molecular formula is C4H10O2S. The molecule has 0 spiro atoms. The van der Waals surface area contributed by atoms with Crippen molar-refractivity contribution in [2.24, 2.45) is 0 Å². The van der Waals surface area contributed by atoms with Crippen molar-refractivity contribution in [2.45, 2.75) is 5.44 Å². The van der Waals surface area contributed by atoms with Gasteiger partial charge in [-0.25, -0.2) is 0 Å². The molecule has 1 saturated heterocycles. The standard InChI is InChI=1S/C4H10O2S/c1-7(2,6)3-4(7)5/h4-5H,3H2,1-2H3. The maximum atomic E-state index is 11.0. The second-order valence-electron chi connectivity index (χ2n) is 2.79. The first-order chi connectivity index (χ1) is 2.90.